The van der Waals surface area contributed by atoms with Gasteiger partial charge in [0.1, 0.15) is 0 Å². The first-order chi connectivity index (χ1) is 9.63. The average molecular weight is 274 g/mol. The molecule has 0 unspecified atom stereocenters. The lowest BCUT2D eigenvalue weighted by atomic mass is 10.0. The lowest BCUT2D eigenvalue weighted by Crippen LogP contribution is -2.35. The lowest BCUT2D eigenvalue weighted by molar-refractivity contribution is 0.223. The van der Waals surface area contributed by atoms with E-state index in [1.807, 2.05) is 0 Å². The van der Waals surface area contributed by atoms with Gasteiger partial charge >= 0.3 is 0 Å². The lowest BCUT2D eigenvalue weighted by Gasteiger charge is -2.31. The van der Waals surface area contributed by atoms with Gasteiger partial charge in [0.2, 0.25) is 5.95 Å². The summed E-state index contributed by atoms with van der Waals surface area (Å²) in [6, 6.07) is 0. The molecule has 2 aliphatic heterocycles. The minimum Gasteiger partial charge on any atom is -0.341 e. The second-order valence-electron chi connectivity index (χ2n) is 6.61. The zero-order chi connectivity index (χ0) is 14.1. The predicted molar refractivity (Wildman–Crippen MR) is 82.0 cm³/mol. The van der Waals surface area contributed by atoms with Gasteiger partial charge in [-0.05, 0) is 25.7 Å². The van der Waals surface area contributed by atoms with Crippen LogP contribution in [-0.2, 0) is 13.0 Å². The van der Waals surface area contributed by atoms with Gasteiger partial charge in [0.05, 0.1) is 5.69 Å². The Morgan fingerprint density at radius 1 is 1.10 bits per heavy atom. The molecule has 0 N–H and O–H groups in total. The number of anilines is 1. The fourth-order valence-electron chi connectivity index (χ4n) is 3.35. The van der Waals surface area contributed by atoms with Crippen LogP contribution >= 0.6 is 0 Å². The summed E-state index contributed by atoms with van der Waals surface area (Å²) in [5.41, 5.74) is 3.85. The predicted octanol–water partition coefficient (Wildman–Crippen LogP) is 2.40. The fraction of sp³-hybridized carbons (Fsp3) is 0.750. The molecule has 3 rings (SSSR count). The first kappa shape index (κ1) is 13.8. The second-order valence-corrected chi connectivity index (χ2v) is 6.61. The minimum absolute atomic E-state index is 0.724. The van der Waals surface area contributed by atoms with Gasteiger partial charge in [-0.3, -0.25) is 4.90 Å². The summed E-state index contributed by atoms with van der Waals surface area (Å²) in [5.74, 6) is 1.69. The molecule has 4 heteroatoms. The molecule has 1 aromatic heterocycles. The van der Waals surface area contributed by atoms with E-state index in [1.165, 1.54) is 36.3 Å². The Kier molecular flexibility index (Phi) is 3.92. The summed E-state index contributed by atoms with van der Waals surface area (Å²) in [4.78, 5) is 14.5. The first-order valence-electron chi connectivity index (χ1n) is 7.97. The van der Waals surface area contributed by atoms with Crippen LogP contribution in [0.5, 0.6) is 0 Å². The van der Waals surface area contributed by atoms with Crippen molar-refractivity contribution < 1.29 is 0 Å². The van der Waals surface area contributed by atoms with E-state index < -0.39 is 0 Å². The molecule has 110 valence electrons. The summed E-state index contributed by atoms with van der Waals surface area (Å²) in [7, 11) is 0. The maximum atomic E-state index is 4.86. The van der Waals surface area contributed by atoms with Crippen LogP contribution in [0.4, 0.5) is 5.95 Å². The van der Waals surface area contributed by atoms with Gasteiger partial charge in [-0.2, -0.15) is 0 Å². The summed E-state index contributed by atoms with van der Waals surface area (Å²) in [5, 5.41) is 0. The molecule has 3 heterocycles. The number of aryl methyl sites for hydroxylation is 1. The molecule has 0 radical (unpaired) electrons. The Balaban J connectivity index is 1.81. The van der Waals surface area contributed by atoms with E-state index in [1.54, 1.807) is 0 Å². The van der Waals surface area contributed by atoms with Crippen LogP contribution in [-0.4, -0.2) is 41.0 Å². The SMILES string of the molecule is Cc1nc(N2CCCC2)nc2c1CN(CC(C)C)CC2. The van der Waals surface area contributed by atoms with E-state index in [0.717, 1.165) is 44.5 Å². The van der Waals surface area contributed by atoms with Gasteiger partial charge in [-0.1, -0.05) is 13.8 Å². The highest BCUT2D eigenvalue weighted by Crippen LogP contribution is 2.24. The number of nitrogens with zero attached hydrogens (tertiary/aromatic N) is 4. The topological polar surface area (TPSA) is 32.3 Å². The van der Waals surface area contributed by atoms with Gasteiger partial charge in [-0.25, -0.2) is 9.97 Å². The maximum absolute atomic E-state index is 4.86. The Bertz CT molecular complexity index is 478. The molecule has 0 amide bonds. The van der Waals surface area contributed by atoms with Crippen LogP contribution in [0.15, 0.2) is 0 Å². The van der Waals surface area contributed by atoms with Gasteiger partial charge in [0, 0.05) is 50.4 Å². The van der Waals surface area contributed by atoms with Gasteiger partial charge in [0.25, 0.3) is 0 Å². The van der Waals surface area contributed by atoms with Crippen molar-refractivity contribution in [3.8, 4) is 0 Å². The van der Waals surface area contributed by atoms with Crippen molar-refractivity contribution in [1.29, 1.82) is 0 Å². The minimum atomic E-state index is 0.724. The third-order valence-electron chi connectivity index (χ3n) is 4.35. The van der Waals surface area contributed by atoms with Crippen LogP contribution in [0.1, 0.15) is 43.6 Å². The first-order valence-corrected chi connectivity index (χ1v) is 7.97. The second kappa shape index (κ2) is 5.68. The monoisotopic (exact) mass is 274 g/mol. The number of hydrogen-bond acceptors (Lipinski definition) is 4. The normalized spacial score (nSPS) is 19.7. The molecule has 0 saturated carbocycles. The van der Waals surface area contributed by atoms with Crippen LogP contribution in [0.3, 0.4) is 0 Å². The summed E-state index contributed by atoms with van der Waals surface area (Å²) >= 11 is 0. The quantitative estimate of drug-likeness (QED) is 0.847. The Labute approximate surface area is 122 Å². The number of rotatable bonds is 3. The van der Waals surface area contributed by atoms with E-state index in [4.69, 9.17) is 9.97 Å². The molecule has 1 fully saturated rings. The molecule has 0 aromatic carbocycles. The largest absolute Gasteiger partial charge is 0.341 e. The van der Waals surface area contributed by atoms with Gasteiger partial charge < -0.3 is 4.90 Å². The number of hydrogen-bond donors (Lipinski definition) is 0. The molecular weight excluding hydrogens is 248 g/mol. The van der Waals surface area contributed by atoms with Crippen LogP contribution in [0, 0.1) is 12.8 Å². The van der Waals surface area contributed by atoms with E-state index in [0.29, 0.717) is 0 Å². The Morgan fingerprint density at radius 3 is 2.55 bits per heavy atom. The summed E-state index contributed by atoms with van der Waals surface area (Å²) in [6.45, 7) is 12.3. The van der Waals surface area contributed by atoms with Gasteiger partial charge in [-0.15, -0.1) is 0 Å². The highest BCUT2D eigenvalue weighted by Gasteiger charge is 2.23. The number of fused-ring (bicyclic) bond motifs is 1. The molecule has 1 aromatic rings. The van der Waals surface area contributed by atoms with E-state index in [9.17, 15) is 0 Å². The highest BCUT2D eigenvalue weighted by molar-refractivity contribution is 5.38. The average Bonchev–Trinajstić information content (AvgIpc) is 2.92. The molecule has 2 aliphatic rings. The molecule has 0 spiro atoms. The van der Waals surface area contributed by atoms with E-state index in [-0.39, 0.29) is 0 Å². The summed E-state index contributed by atoms with van der Waals surface area (Å²) in [6.07, 6.45) is 3.63. The molecule has 4 nitrogen and oxygen atoms in total. The zero-order valence-corrected chi connectivity index (χ0v) is 13.0. The third-order valence-corrected chi connectivity index (χ3v) is 4.35. The maximum Gasteiger partial charge on any atom is 0.225 e. The standard InChI is InChI=1S/C16H26N4/c1-12(2)10-19-9-6-15-14(11-19)13(3)17-16(18-15)20-7-4-5-8-20/h12H,4-11H2,1-3H3. The van der Waals surface area contributed by atoms with Crippen LogP contribution in [0.25, 0.3) is 0 Å². The Morgan fingerprint density at radius 2 is 1.85 bits per heavy atom. The van der Waals surface area contributed by atoms with Crippen molar-refractivity contribution >= 4 is 5.95 Å². The fourth-order valence-corrected chi connectivity index (χ4v) is 3.35. The molecular formula is C16H26N4. The van der Waals surface area contributed by atoms with Crippen LogP contribution in [0.2, 0.25) is 0 Å². The van der Waals surface area contributed by atoms with Crippen molar-refractivity contribution in [2.75, 3.05) is 31.1 Å². The highest BCUT2D eigenvalue weighted by atomic mass is 15.3. The van der Waals surface area contributed by atoms with Crippen LogP contribution < -0.4 is 4.90 Å². The molecule has 0 bridgehead atoms. The smallest absolute Gasteiger partial charge is 0.225 e. The van der Waals surface area contributed by atoms with Crippen molar-refractivity contribution in [3.63, 3.8) is 0 Å². The summed E-state index contributed by atoms with van der Waals surface area (Å²) < 4.78 is 0. The molecule has 0 aliphatic carbocycles. The Hall–Kier alpha value is -1.16. The molecule has 1 saturated heterocycles. The number of aromatic nitrogens is 2. The molecule has 0 atom stereocenters. The van der Waals surface area contributed by atoms with Crippen molar-refractivity contribution in [2.45, 2.75) is 46.6 Å². The molecule has 20 heavy (non-hydrogen) atoms. The zero-order valence-electron chi connectivity index (χ0n) is 13.0. The van der Waals surface area contributed by atoms with E-state index >= 15 is 0 Å². The third kappa shape index (κ3) is 2.80. The van der Waals surface area contributed by atoms with Gasteiger partial charge in [0.15, 0.2) is 0 Å². The van der Waals surface area contributed by atoms with Crippen molar-refractivity contribution in [3.05, 3.63) is 17.0 Å². The van der Waals surface area contributed by atoms with E-state index in [2.05, 4.69) is 30.6 Å². The van der Waals surface area contributed by atoms with Crippen molar-refractivity contribution in [1.82, 2.24) is 14.9 Å². The van der Waals surface area contributed by atoms with Crippen molar-refractivity contribution in [2.24, 2.45) is 5.92 Å².